The summed E-state index contributed by atoms with van der Waals surface area (Å²) in [7, 11) is 8.53. The third kappa shape index (κ3) is 5.14. The fourth-order valence-electron chi connectivity index (χ4n) is 7.95. The van der Waals surface area contributed by atoms with Gasteiger partial charge in [0.1, 0.15) is 23.4 Å². The first-order valence-electron chi connectivity index (χ1n) is 15.5. The minimum absolute atomic E-state index is 0.0873. The van der Waals surface area contributed by atoms with Crippen LogP contribution >= 0.6 is 21.6 Å². The molecule has 3 aromatic rings. The Kier molecular flexibility index (Phi) is 8.22. The maximum absolute atomic E-state index is 12.2. The number of aromatic hydroxyl groups is 2. The summed E-state index contributed by atoms with van der Waals surface area (Å²) in [5.74, 6) is 3.67. The average Bonchev–Trinajstić information content (AvgIpc) is 3.04. The lowest BCUT2D eigenvalue weighted by Gasteiger charge is -2.41. The molecule has 2 aliphatic carbocycles. The number of aliphatic hydroxyl groups is 1. The van der Waals surface area contributed by atoms with Crippen LogP contribution in [0.3, 0.4) is 0 Å². The van der Waals surface area contributed by atoms with Crippen molar-refractivity contribution in [1.29, 1.82) is 0 Å². The highest BCUT2D eigenvalue weighted by molar-refractivity contribution is 8.76. The standard InChI is InChI=1S/C35H40O7S2/c1-39-27-16-28-32-25-12-19(24-15-21(36)9-10-23(24)31(25)27)8-7-18-5-4-6-22(11-18)44-43-17-26(32)33(37)35(42-28)20-13-29(40-2)34(38)30(14-20)41-3/h9-10,13-16,18-19,22,26,33,35-38H,4-8,11-12,17H2,1-3H3. The Labute approximate surface area is 266 Å². The molecule has 7 rings (SSSR count). The molecule has 2 heterocycles. The molecule has 1 fully saturated rings. The molecule has 3 aromatic carbocycles. The summed E-state index contributed by atoms with van der Waals surface area (Å²) < 4.78 is 23.7. The first kappa shape index (κ1) is 29.8. The lowest BCUT2D eigenvalue weighted by molar-refractivity contribution is 0.00421. The van der Waals surface area contributed by atoms with Crippen molar-refractivity contribution in [3.8, 4) is 45.6 Å². The van der Waals surface area contributed by atoms with Gasteiger partial charge in [0.05, 0.1) is 21.3 Å². The normalized spacial score (nSPS) is 27.5. The van der Waals surface area contributed by atoms with Crippen molar-refractivity contribution in [2.45, 2.75) is 74.2 Å². The number of fused-ring (bicyclic) bond motifs is 6. The van der Waals surface area contributed by atoms with Crippen molar-refractivity contribution in [3.63, 3.8) is 0 Å². The third-order valence-corrected chi connectivity index (χ3v) is 13.1. The molecule has 1 saturated carbocycles. The fourth-order valence-corrected chi connectivity index (χ4v) is 11.1. The second-order valence-corrected chi connectivity index (χ2v) is 15.3. The maximum atomic E-state index is 12.2. The highest BCUT2D eigenvalue weighted by atomic mass is 33.1. The van der Waals surface area contributed by atoms with Gasteiger partial charge in [0.15, 0.2) is 17.6 Å². The van der Waals surface area contributed by atoms with Gasteiger partial charge in [-0.25, -0.2) is 0 Å². The molecule has 44 heavy (non-hydrogen) atoms. The average molecular weight is 637 g/mol. The van der Waals surface area contributed by atoms with Crippen LogP contribution in [0.4, 0.5) is 0 Å². The number of hydrogen-bond acceptors (Lipinski definition) is 9. The number of aliphatic hydroxyl groups excluding tert-OH is 1. The lowest BCUT2D eigenvalue weighted by Crippen LogP contribution is -2.37. The monoisotopic (exact) mass is 636 g/mol. The van der Waals surface area contributed by atoms with E-state index in [0.717, 1.165) is 41.0 Å². The molecule has 4 bridgehead atoms. The lowest BCUT2D eigenvalue weighted by atomic mass is 9.71. The van der Waals surface area contributed by atoms with Crippen LogP contribution in [-0.4, -0.2) is 53.8 Å². The first-order chi connectivity index (χ1) is 21.4. The van der Waals surface area contributed by atoms with Gasteiger partial charge < -0.3 is 34.3 Å². The van der Waals surface area contributed by atoms with Gasteiger partial charge in [0.25, 0.3) is 0 Å². The van der Waals surface area contributed by atoms with E-state index in [1.165, 1.54) is 57.5 Å². The predicted molar refractivity (Wildman–Crippen MR) is 175 cm³/mol. The highest BCUT2D eigenvalue weighted by Gasteiger charge is 2.44. The summed E-state index contributed by atoms with van der Waals surface area (Å²) in [5, 5.41) is 33.9. The second kappa shape index (κ2) is 12.1. The maximum Gasteiger partial charge on any atom is 0.200 e. The first-order valence-corrected chi connectivity index (χ1v) is 17.9. The fraction of sp³-hybridized carbons (Fsp3) is 0.486. The number of rotatable bonds is 4. The zero-order chi connectivity index (χ0) is 30.5. The number of methoxy groups -OCH3 is 3. The number of benzene rings is 3. The summed E-state index contributed by atoms with van der Waals surface area (Å²) in [6.45, 7) is 0. The third-order valence-electron chi connectivity index (χ3n) is 10.1. The van der Waals surface area contributed by atoms with E-state index >= 15 is 0 Å². The molecule has 0 radical (unpaired) electrons. The van der Waals surface area contributed by atoms with Crippen LogP contribution in [-0.2, 0) is 6.42 Å². The van der Waals surface area contributed by atoms with Crippen LogP contribution in [0.25, 0.3) is 11.1 Å². The summed E-state index contributed by atoms with van der Waals surface area (Å²) >= 11 is 0. The zero-order valence-corrected chi connectivity index (χ0v) is 27.0. The van der Waals surface area contributed by atoms with Crippen molar-refractivity contribution >= 4 is 21.6 Å². The van der Waals surface area contributed by atoms with Gasteiger partial charge in [-0.05, 0) is 84.9 Å². The van der Waals surface area contributed by atoms with E-state index in [1.807, 2.05) is 39.8 Å². The molecular formula is C35H40O7S2. The molecule has 3 N–H and O–H groups in total. The topological polar surface area (TPSA) is 97.6 Å². The Morgan fingerprint density at radius 2 is 1.66 bits per heavy atom. The van der Waals surface area contributed by atoms with Crippen LogP contribution in [0.2, 0.25) is 0 Å². The smallest absolute Gasteiger partial charge is 0.200 e. The summed E-state index contributed by atoms with van der Waals surface area (Å²) in [4.78, 5) is 0. The van der Waals surface area contributed by atoms with E-state index in [2.05, 4.69) is 0 Å². The van der Waals surface area contributed by atoms with Crippen LogP contribution in [0.15, 0.2) is 36.4 Å². The molecule has 0 saturated heterocycles. The summed E-state index contributed by atoms with van der Waals surface area (Å²) in [5.41, 5.74) is 6.21. The Bertz CT molecular complexity index is 1530. The van der Waals surface area contributed by atoms with Gasteiger partial charge in [-0.3, -0.25) is 0 Å². The molecule has 234 valence electrons. The van der Waals surface area contributed by atoms with E-state index in [0.29, 0.717) is 22.5 Å². The number of phenols is 2. The summed E-state index contributed by atoms with van der Waals surface area (Å²) in [6, 6.07) is 11.1. The second-order valence-electron chi connectivity index (χ2n) is 12.5. The van der Waals surface area contributed by atoms with E-state index in [1.54, 1.807) is 25.3 Å². The Balaban J connectivity index is 1.41. The largest absolute Gasteiger partial charge is 0.508 e. The van der Waals surface area contributed by atoms with Crippen LogP contribution in [0, 0.1) is 5.92 Å². The minimum Gasteiger partial charge on any atom is -0.508 e. The molecule has 2 aliphatic heterocycles. The molecule has 0 amide bonds. The predicted octanol–water partition coefficient (Wildman–Crippen LogP) is 7.74. The van der Waals surface area contributed by atoms with Gasteiger partial charge in [-0.1, -0.05) is 40.5 Å². The van der Waals surface area contributed by atoms with Crippen LogP contribution in [0.1, 0.15) is 78.7 Å². The Hall–Kier alpha value is -2.88. The molecular weight excluding hydrogens is 597 g/mol. The van der Waals surface area contributed by atoms with Gasteiger partial charge in [-0.2, -0.15) is 0 Å². The van der Waals surface area contributed by atoms with Gasteiger partial charge in [-0.15, -0.1) is 0 Å². The van der Waals surface area contributed by atoms with E-state index in [4.69, 9.17) is 18.9 Å². The number of phenolic OH excluding ortho intramolecular Hbond substituents is 2. The van der Waals surface area contributed by atoms with E-state index in [9.17, 15) is 15.3 Å². The van der Waals surface area contributed by atoms with E-state index in [-0.39, 0.29) is 34.8 Å². The van der Waals surface area contributed by atoms with Crippen molar-refractivity contribution in [2.75, 3.05) is 27.1 Å². The van der Waals surface area contributed by atoms with Crippen LogP contribution in [0.5, 0.6) is 34.5 Å². The van der Waals surface area contributed by atoms with Crippen molar-refractivity contribution in [3.05, 3.63) is 58.7 Å². The molecule has 0 aromatic heterocycles. The number of hydrogen-bond donors (Lipinski definition) is 3. The Morgan fingerprint density at radius 1 is 0.886 bits per heavy atom. The molecule has 6 atom stereocenters. The van der Waals surface area contributed by atoms with Gasteiger partial charge in [0.2, 0.25) is 5.75 Å². The van der Waals surface area contributed by atoms with Gasteiger partial charge >= 0.3 is 0 Å². The molecule has 6 unspecified atom stereocenters. The number of ether oxygens (including phenoxy) is 4. The quantitative estimate of drug-likeness (QED) is 0.249. The van der Waals surface area contributed by atoms with Gasteiger partial charge in [0, 0.05) is 39.7 Å². The van der Waals surface area contributed by atoms with Crippen molar-refractivity contribution in [1.82, 2.24) is 0 Å². The van der Waals surface area contributed by atoms with Crippen molar-refractivity contribution in [2.24, 2.45) is 5.92 Å². The Morgan fingerprint density at radius 3 is 2.41 bits per heavy atom. The minimum atomic E-state index is -0.851. The van der Waals surface area contributed by atoms with E-state index < -0.39 is 12.2 Å². The molecule has 9 heteroatoms. The molecule has 0 spiro atoms. The highest BCUT2D eigenvalue weighted by Crippen LogP contribution is 2.57. The zero-order valence-electron chi connectivity index (χ0n) is 25.4. The molecule has 7 nitrogen and oxygen atoms in total. The molecule has 4 aliphatic rings. The van der Waals surface area contributed by atoms with Crippen molar-refractivity contribution < 1.29 is 34.3 Å². The SMILES string of the molecule is COc1cc(C2Oc3cc(OC)c4c5c3C(CSSC3CCCC(CCC(C5)c5cc(O)ccc5-4)C3)C2O)cc(OC)c1O. The summed E-state index contributed by atoms with van der Waals surface area (Å²) in [6.07, 6.45) is 6.51. The van der Waals surface area contributed by atoms with Crippen LogP contribution < -0.4 is 18.9 Å².